The molecule has 0 radical (unpaired) electrons. The molecule has 2 N–H and O–H groups in total. The Morgan fingerprint density at radius 1 is 1.53 bits per heavy atom. The first kappa shape index (κ1) is 13.3. The van der Waals surface area contributed by atoms with E-state index in [1.54, 1.807) is 13.0 Å². The Hall–Kier alpha value is -1.81. The SMILES string of the molecule is Cc1c(CN)cnc(OC(F)(F)F)c1CC#N. The number of rotatable bonds is 3. The molecular weight excluding hydrogens is 235 g/mol. The van der Waals surface area contributed by atoms with Crippen LogP contribution in [0.4, 0.5) is 13.2 Å². The van der Waals surface area contributed by atoms with Crippen LogP contribution in [0.5, 0.6) is 5.88 Å². The number of nitrogens with two attached hydrogens (primary N) is 1. The first-order chi connectivity index (χ1) is 7.89. The van der Waals surface area contributed by atoms with Crippen molar-refractivity contribution in [1.29, 1.82) is 5.26 Å². The highest BCUT2D eigenvalue weighted by Gasteiger charge is 2.33. The molecule has 0 bridgehead atoms. The molecule has 0 atom stereocenters. The first-order valence-corrected chi connectivity index (χ1v) is 4.69. The van der Waals surface area contributed by atoms with Crippen LogP contribution in [0.3, 0.4) is 0 Å². The molecule has 1 aromatic rings. The third-order valence-corrected chi connectivity index (χ3v) is 2.22. The molecule has 1 aromatic heterocycles. The van der Waals surface area contributed by atoms with Gasteiger partial charge in [0.1, 0.15) is 0 Å². The topological polar surface area (TPSA) is 71.9 Å². The van der Waals surface area contributed by atoms with Gasteiger partial charge in [0.2, 0.25) is 5.88 Å². The minimum Gasteiger partial charge on any atom is -0.388 e. The van der Waals surface area contributed by atoms with Gasteiger partial charge in [-0.3, -0.25) is 0 Å². The lowest BCUT2D eigenvalue weighted by atomic mass is 10.0. The molecule has 0 fully saturated rings. The standard InChI is InChI=1S/C10H10F3N3O/c1-6-7(4-15)5-16-9(8(6)2-3-14)17-10(11,12)13/h5H,2,4,15H2,1H3. The molecule has 0 unspecified atom stereocenters. The second-order valence-electron chi connectivity index (χ2n) is 3.28. The number of halogens is 3. The Kier molecular flexibility index (Phi) is 3.91. The molecule has 1 heterocycles. The largest absolute Gasteiger partial charge is 0.574 e. The second-order valence-corrected chi connectivity index (χ2v) is 3.28. The smallest absolute Gasteiger partial charge is 0.388 e. The van der Waals surface area contributed by atoms with Crippen molar-refractivity contribution in [2.24, 2.45) is 5.73 Å². The summed E-state index contributed by atoms with van der Waals surface area (Å²) < 4.78 is 40.1. The zero-order valence-corrected chi connectivity index (χ0v) is 9.01. The minimum atomic E-state index is -4.83. The van der Waals surface area contributed by atoms with E-state index >= 15 is 0 Å². The molecule has 4 nitrogen and oxygen atoms in total. The zero-order chi connectivity index (χ0) is 13.1. The lowest BCUT2D eigenvalue weighted by molar-refractivity contribution is -0.276. The van der Waals surface area contributed by atoms with Crippen molar-refractivity contribution in [1.82, 2.24) is 4.98 Å². The van der Waals surface area contributed by atoms with Gasteiger partial charge in [-0.2, -0.15) is 5.26 Å². The normalized spacial score (nSPS) is 11.1. The van der Waals surface area contributed by atoms with Crippen molar-refractivity contribution in [3.63, 3.8) is 0 Å². The highest BCUT2D eigenvalue weighted by Crippen LogP contribution is 2.28. The summed E-state index contributed by atoms with van der Waals surface area (Å²) in [4.78, 5) is 3.54. The van der Waals surface area contributed by atoms with Gasteiger partial charge < -0.3 is 10.5 Å². The lowest BCUT2D eigenvalue weighted by Gasteiger charge is -2.14. The van der Waals surface area contributed by atoms with Crippen molar-refractivity contribution >= 4 is 0 Å². The molecule has 0 aromatic carbocycles. The average molecular weight is 245 g/mol. The van der Waals surface area contributed by atoms with E-state index in [0.717, 1.165) is 0 Å². The average Bonchev–Trinajstić information content (AvgIpc) is 2.22. The molecule has 0 aliphatic heterocycles. The Morgan fingerprint density at radius 3 is 2.65 bits per heavy atom. The number of nitrogens with zero attached hydrogens (tertiary/aromatic N) is 2. The molecule has 0 saturated carbocycles. The summed E-state index contributed by atoms with van der Waals surface area (Å²) in [6, 6.07) is 1.77. The highest BCUT2D eigenvalue weighted by molar-refractivity contribution is 5.40. The van der Waals surface area contributed by atoms with Crippen LogP contribution in [0.1, 0.15) is 16.7 Å². The molecule has 1 rings (SSSR count). The van der Waals surface area contributed by atoms with Gasteiger partial charge in [-0.15, -0.1) is 13.2 Å². The number of ether oxygens (including phenoxy) is 1. The van der Waals surface area contributed by atoms with Crippen LogP contribution < -0.4 is 10.5 Å². The number of nitriles is 1. The second kappa shape index (κ2) is 5.01. The number of alkyl halides is 3. The van der Waals surface area contributed by atoms with Crippen molar-refractivity contribution in [2.45, 2.75) is 26.3 Å². The highest BCUT2D eigenvalue weighted by atomic mass is 19.4. The summed E-state index contributed by atoms with van der Waals surface area (Å²) in [5.41, 5.74) is 6.62. The van der Waals surface area contributed by atoms with E-state index in [0.29, 0.717) is 11.1 Å². The van der Waals surface area contributed by atoms with Crippen LogP contribution in [0.2, 0.25) is 0 Å². The van der Waals surface area contributed by atoms with E-state index in [2.05, 4.69) is 9.72 Å². The molecule has 0 aliphatic carbocycles. The van der Waals surface area contributed by atoms with Gasteiger partial charge in [-0.05, 0) is 18.1 Å². The summed E-state index contributed by atoms with van der Waals surface area (Å²) >= 11 is 0. The summed E-state index contributed by atoms with van der Waals surface area (Å²) in [6.45, 7) is 1.73. The van der Waals surface area contributed by atoms with Gasteiger partial charge in [0.25, 0.3) is 0 Å². The van der Waals surface area contributed by atoms with E-state index in [-0.39, 0.29) is 18.5 Å². The van der Waals surface area contributed by atoms with E-state index in [1.165, 1.54) is 6.20 Å². The van der Waals surface area contributed by atoms with Gasteiger partial charge in [-0.1, -0.05) is 0 Å². The molecule has 7 heteroatoms. The van der Waals surface area contributed by atoms with Gasteiger partial charge in [0, 0.05) is 18.3 Å². The third-order valence-electron chi connectivity index (χ3n) is 2.22. The van der Waals surface area contributed by atoms with Crippen molar-refractivity contribution < 1.29 is 17.9 Å². The zero-order valence-electron chi connectivity index (χ0n) is 9.01. The Bertz CT molecular complexity index is 451. The van der Waals surface area contributed by atoms with Crippen molar-refractivity contribution in [3.05, 3.63) is 22.9 Å². The van der Waals surface area contributed by atoms with Gasteiger partial charge in [0.05, 0.1) is 12.5 Å². The summed E-state index contributed by atoms with van der Waals surface area (Å²) in [5.74, 6) is -0.589. The predicted octanol–water partition coefficient (Wildman–Crippen LogP) is 1.81. The van der Waals surface area contributed by atoms with E-state index in [1.807, 2.05) is 0 Å². The molecular formula is C10H10F3N3O. The van der Waals surface area contributed by atoms with Crippen LogP contribution in [0.25, 0.3) is 0 Å². The van der Waals surface area contributed by atoms with E-state index < -0.39 is 12.2 Å². The number of hydrogen-bond donors (Lipinski definition) is 1. The van der Waals surface area contributed by atoms with E-state index in [9.17, 15) is 13.2 Å². The van der Waals surface area contributed by atoms with Crippen LogP contribution in [0.15, 0.2) is 6.20 Å². The Morgan fingerprint density at radius 2 is 2.18 bits per heavy atom. The number of aromatic nitrogens is 1. The Balaban J connectivity index is 3.22. The van der Waals surface area contributed by atoms with Crippen LogP contribution in [-0.2, 0) is 13.0 Å². The summed E-state index contributed by atoms with van der Waals surface area (Å²) in [7, 11) is 0. The summed E-state index contributed by atoms with van der Waals surface area (Å²) in [6.07, 6.45) is -3.82. The fourth-order valence-corrected chi connectivity index (χ4v) is 1.36. The van der Waals surface area contributed by atoms with Gasteiger partial charge >= 0.3 is 6.36 Å². The predicted molar refractivity (Wildman–Crippen MR) is 52.9 cm³/mol. The van der Waals surface area contributed by atoms with Crippen molar-refractivity contribution in [2.75, 3.05) is 0 Å². The fourth-order valence-electron chi connectivity index (χ4n) is 1.36. The molecule has 0 saturated heterocycles. The quantitative estimate of drug-likeness (QED) is 0.881. The number of pyridine rings is 1. The van der Waals surface area contributed by atoms with Crippen LogP contribution >= 0.6 is 0 Å². The molecule has 17 heavy (non-hydrogen) atoms. The fraction of sp³-hybridized carbons (Fsp3) is 0.400. The van der Waals surface area contributed by atoms with Crippen molar-refractivity contribution in [3.8, 4) is 11.9 Å². The monoisotopic (exact) mass is 245 g/mol. The molecule has 0 aliphatic rings. The Labute approximate surface area is 95.8 Å². The number of hydrogen-bond acceptors (Lipinski definition) is 4. The van der Waals surface area contributed by atoms with Gasteiger partial charge in [-0.25, -0.2) is 4.98 Å². The van der Waals surface area contributed by atoms with E-state index in [4.69, 9.17) is 11.0 Å². The van der Waals surface area contributed by atoms with Gasteiger partial charge in [0.15, 0.2) is 0 Å². The maximum Gasteiger partial charge on any atom is 0.574 e. The lowest BCUT2D eigenvalue weighted by Crippen LogP contribution is -2.20. The first-order valence-electron chi connectivity index (χ1n) is 4.69. The minimum absolute atomic E-state index is 0.118. The summed E-state index contributed by atoms with van der Waals surface area (Å²) in [5, 5.41) is 8.58. The van der Waals surface area contributed by atoms with Crippen LogP contribution in [0, 0.1) is 18.3 Å². The molecule has 0 spiro atoms. The van der Waals surface area contributed by atoms with Crippen LogP contribution in [-0.4, -0.2) is 11.3 Å². The molecule has 92 valence electrons. The molecule has 0 amide bonds. The maximum absolute atomic E-state index is 12.1. The third kappa shape index (κ3) is 3.32. The maximum atomic E-state index is 12.1.